The lowest BCUT2D eigenvalue weighted by Gasteiger charge is -2.06. The van der Waals surface area contributed by atoms with E-state index < -0.39 is 0 Å². The Labute approximate surface area is 44.5 Å². The van der Waals surface area contributed by atoms with Crippen LogP contribution in [-0.4, -0.2) is 0 Å². The van der Waals surface area contributed by atoms with Gasteiger partial charge in [0.05, 0.1) is 0 Å². The summed E-state index contributed by atoms with van der Waals surface area (Å²) < 4.78 is 0. The van der Waals surface area contributed by atoms with Crippen molar-refractivity contribution in [1.82, 2.24) is 0 Å². The van der Waals surface area contributed by atoms with E-state index in [-0.39, 0.29) is 0 Å². The fourth-order valence-corrected chi connectivity index (χ4v) is 0.605. The maximum Gasteiger partial charge on any atom is -0.0198 e. The standard InChI is InChI=1S/C7H9/c1-2-4-7-5-3-6-7/h2,5H,3,6H2,1H3. The molecule has 0 N–H and O–H groups in total. The Morgan fingerprint density at radius 3 is 2.71 bits per heavy atom. The second-order valence-corrected chi connectivity index (χ2v) is 1.70. The van der Waals surface area contributed by atoms with Crippen LogP contribution in [0.5, 0.6) is 0 Å². The van der Waals surface area contributed by atoms with Gasteiger partial charge in [-0.1, -0.05) is 12.2 Å². The van der Waals surface area contributed by atoms with Crippen LogP contribution in [0.3, 0.4) is 0 Å². The van der Waals surface area contributed by atoms with Crippen LogP contribution in [-0.2, 0) is 0 Å². The molecule has 0 heteroatoms. The summed E-state index contributed by atoms with van der Waals surface area (Å²) in [6.07, 6.45) is 9.79. The maximum absolute atomic E-state index is 3.12. The van der Waals surface area contributed by atoms with Crippen LogP contribution >= 0.6 is 0 Å². The van der Waals surface area contributed by atoms with Crippen molar-refractivity contribution >= 4 is 0 Å². The summed E-state index contributed by atoms with van der Waals surface area (Å²) >= 11 is 0. The van der Waals surface area contributed by atoms with E-state index in [4.69, 9.17) is 0 Å². The molecule has 0 saturated carbocycles. The molecule has 7 heavy (non-hydrogen) atoms. The molecule has 0 atom stereocenters. The van der Waals surface area contributed by atoms with Gasteiger partial charge in [-0.15, -0.1) is 0 Å². The topological polar surface area (TPSA) is 0 Å². The van der Waals surface area contributed by atoms with Crippen LogP contribution in [0.2, 0.25) is 0 Å². The van der Waals surface area contributed by atoms with Gasteiger partial charge in [0, 0.05) is 0 Å². The summed E-state index contributed by atoms with van der Waals surface area (Å²) in [5.74, 6) is 0. The minimum atomic E-state index is 1.24. The maximum atomic E-state index is 3.12. The minimum absolute atomic E-state index is 1.24. The molecule has 1 rings (SSSR count). The smallest absolute Gasteiger partial charge is 0.0198 e. The molecule has 0 heterocycles. The zero-order valence-corrected chi connectivity index (χ0v) is 4.57. The lowest BCUT2D eigenvalue weighted by Crippen LogP contribution is -1.88. The predicted molar refractivity (Wildman–Crippen MR) is 30.8 cm³/mol. The van der Waals surface area contributed by atoms with Gasteiger partial charge in [-0.2, -0.15) is 0 Å². The largest absolute Gasteiger partial charge is 0.0804 e. The van der Waals surface area contributed by atoms with E-state index in [1.807, 2.05) is 13.0 Å². The normalized spacial score (nSPS) is 19.3. The summed E-state index contributed by atoms with van der Waals surface area (Å²) in [5.41, 5.74) is 1.38. The zero-order valence-electron chi connectivity index (χ0n) is 4.57. The molecule has 0 fully saturated rings. The summed E-state index contributed by atoms with van der Waals surface area (Å²) in [6.45, 7) is 2.00. The highest BCUT2D eigenvalue weighted by atomic mass is 14.0. The number of allylic oxidation sites excluding steroid dienone is 4. The number of hydrogen-bond acceptors (Lipinski definition) is 0. The quantitative estimate of drug-likeness (QED) is 0.465. The summed E-state index contributed by atoms with van der Waals surface area (Å²) in [5, 5.41) is 0. The third-order valence-corrected chi connectivity index (χ3v) is 1.13. The van der Waals surface area contributed by atoms with Crippen LogP contribution in [0.1, 0.15) is 19.8 Å². The molecule has 0 spiro atoms. The first kappa shape index (κ1) is 4.63. The van der Waals surface area contributed by atoms with E-state index in [0.29, 0.717) is 0 Å². The summed E-state index contributed by atoms with van der Waals surface area (Å²) in [4.78, 5) is 0. The molecule has 37 valence electrons. The van der Waals surface area contributed by atoms with Crippen molar-refractivity contribution in [3.05, 3.63) is 23.8 Å². The van der Waals surface area contributed by atoms with Crippen molar-refractivity contribution in [2.24, 2.45) is 0 Å². The first-order valence-corrected chi connectivity index (χ1v) is 2.67. The lowest BCUT2D eigenvalue weighted by molar-refractivity contribution is 0.898. The Bertz CT molecular complexity index is 107. The van der Waals surface area contributed by atoms with Crippen molar-refractivity contribution in [1.29, 1.82) is 0 Å². The second-order valence-electron chi connectivity index (χ2n) is 1.70. The van der Waals surface area contributed by atoms with Gasteiger partial charge in [0.2, 0.25) is 0 Å². The van der Waals surface area contributed by atoms with Gasteiger partial charge in [0.1, 0.15) is 0 Å². The Morgan fingerprint density at radius 2 is 2.57 bits per heavy atom. The van der Waals surface area contributed by atoms with Gasteiger partial charge in [0.25, 0.3) is 0 Å². The average molecular weight is 93.1 g/mol. The lowest BCUT2D eigenvalue weighted by atomic mass is 9.99. The third-order valence-electron chi connectivity index (χ3n) is 1.13. The molecule has 0 nitrogen and oxygen atoms in total. The summed E-state index contributed by atoms with van der Waals surface area (Å²) in [6, 6.07) is 0. The molecular formula is C7H9. The van der Waals surface area contributed by atoms with Crippen LogP contribution in [0.15, 0.2) is 17.7 Å². The van der Waals surface area contributed by atoms with Crippen molar-refractivity contribution in [3.8, 4) is 0 Å². The number of rotatable bonds is 1. The van der Waals surface area contributed by atoms with Crippen molar-refractivity contribution in [2.45, 2.75) is 19.8 Å². The molecule has 1 aliphatic carbocycles. The van der Waals surface area contributed by atoms with Gasteiger partial charge in [-0.3, -0.25) is 0 Å². The molecule has 0 aromatic rings. The Hall–Kier alpha value is -0.520. The van der Waals surface area contributed by atoms with Gasteiger partial charge >= 0.3 is 0 Å². The Morgan fingerprint density at radius 1 is 1.86 bits per heavy atom. The molecule has 0 aromatic heterocycles. The zero-order chi connectivity index (χ0) is 5.11. The van der Waals surface area contributed by atoms with E-state index in [1.165, 1.54) is 18.4 Å². The highest BCUT2D eigenvalue weighted by molar-refractivity contribution is 5.19. The predicted octanol–water partition coefficient (Wildman–Crippen LogP) is 2.09. The SMILES string of the molecule is C/C=[C]/C1=CCC1. The van der Waals surface area contributed by atoms with Gasteiger partial charge in [-0.05, 0) is 31.4 Å². The van der Waals surface area contributed by atoms with Crippen molar-refractivity contribution < 1.29 is 0 Å². The van der Waals surface area contributed by atoms with Gasteiger partial charge < -0.3 is 0 Å². The second kappa shape index (κ2) is 1.97. The van der Waals surface area contributed by atoms with Crippen molar-refractivity contribution in [2.75, 3.05) is 0 Å². The van der Waals surface area contributed by atoms with E-state index in [2.05, 4.69) is 12.2 Å². The average Bonchev–Trinajstić information content (AvgIpc) is 1.55. The monoisotopic (exact) mass is 93.1 g/mol. The molecule has 1 radical (unpaired) electrons. The molecule has 1 aliphatic rings. The van der Waals surface area contributed by atoms with Crippen LogP contribution < -0.4 is 0 Å². The molecule has 0 amide bonds. The van der Waals surface area contributed by atoms with Crippen LogP contribution in [0.4, 0.5) is 0 Å². The Balaban J connectivity index is 2.41. The molecule has 0 bridgehead atoms. The highest BCUT2D eigenvalue weighted by Gasteiger charge is 1.98. The van der Waals surface area contributed by atoms with Crippen LogP contribution in [0.25, 0.3) is 0 Å². The van der Waals surface area contributed by atoms with E-state index in [0.717, 1.165) is 0 Å². The first-order valence-electron chi connectivity index (χ1n) is 2.67. The molecule has 0 unspecified atom stereocenters. The summed E-state index contributed by atoms with van der Waals surface area (Å²) in [7, 11) is 0. The fourth-order valence-electron chi connectivity index (χ4n) is 0.605. The molecule has 0 saturated heterocycles. The number of hydrogen-bond donors (Lipinski definition) is 0. The van der Waals surface area contributed by atoms with E-state index in [1.54, 1.807) is 0 Å². The minimum Gasteiger partial charge on any atom is -0.0804 e. The van der Waals surface area contributed by atoms with Crippen LogP contribution in [0, 0.1) is 6.08 Å². The Kier molecular flexibility index (Phi) is 1.30. The fraction of sp³-hybridized carbons (Fsp3) is 0.429. The van der Waals surface area contributed by atoms with E-state index in [9.17, 15) is 0 Å². The van der Waals surface area contributed by atoms with E-state index >= 15 is 0 Å². The van der Waals surface area contributed by atoms with Gasteiger partial charge in [-0.25, -0.2) is 0 Å². The first-order chi connectivity index (χ1) is 3.43. The molecule has 0 aliphatic heterocycles. The molecular weight excluding hydrogens is 84.1 g/mol. The molecule has 0 aromatic carbocycles. The van der Waals surface area contributed by atoms with Crippen molar-refractivity contribution in [3.63, 3.8) is 0 Å². The third kappa shape index (κ3) is 0.923. The van der Waals surface area contributed by atoms with Gasteiger partial charge in [0.15, 0.2) is 0 Å². The highest BCUT2D eigenvalue weighted by Crippen LogP contribution is 2.17.